The van der Waals surface area contributed by atoms with Gasteiger partial charge in [-0.3, -0.25) is 4.79 Å². The molecule has 0 radical (unpaired) electrons. The number of halogens is 1. The average Bonchev–Trinajstić information content (AvgIpc) is 2.83. The standard InChI is InChI=1S/C17H17BrN2O2/c1-15(2)16(9-18)7-8-17(15,14(21)22)13-12(16)19-10-5-3-4-6-11(10)20-13/h3-6H,7-9H2,1-2H3,(H,21,22)/t16-,17-/m0/s1. The maximum atomic E-state index is 12.3. The Morgan fingerprint density at radius 1 is 1.18 bits per heavy atom. The molecule has 0 saturated heterocycles. The Morgan fingerprint density at radius 3 is 2.32 bits per heavy atom. The summed E-state index contributed by atoms with van der Waals surface area (Å²) in [7, 11) is 0. The van der Waals surface area contributed by atoms with Gasteiger partial charge in [0.15, 0.2) is 0 Å². The van der Waals surface area contributed by atoms with Crippen LogP contribution in [-0.4, -0.2) is 26.4 Å². The van der Waals surface area contributed by atoms with Crippen molar-refractivity contribution >= 4 is 32.9 Å². The first-order chi connectivity index (χ1) is 10.4. The Morgan fingerprint density at radius 2 is 1.77 bits per heavy atom. The fourth-order valence-electron chi connectivity index (χ4n) is 4.67. The third kappa shape index (κ3) is 1.25. The number of aliphatic carboxylic acids is 1. The number of alkyl halides is 1. The molecule has 2 atom stereocenters. The lowest BCUT2D eigenvalue weighted by molar-refractivity contribution is -0.148. The minimum Gasteiger partial charge on any atom is -0.481 e. The first-order valence-electron chi connectivity index (χ1n) is 7.48. The van der Waals surface area contributed by atoms with Crippen molar-refractivity contribution in [2.45, 2.75) is 37.5 Å². The molecule has 2 aromatic rings. The van der Waals surface area contributed by atoms with Gasteiger partial charge in [0, 0.05) is 10.7 Å². The molecule has 2 aliphatic rings. The summed E-state index contributed by atoms with van der Waals surface area (Å²) >= 11 is 3.64. The minimum absolute atomic E-state index is 0.266. The predicted octanol–water partition coefficient (Wildman–Crippen LogP) is 3.42. The van der Waals surface area contributed by atoms with E-state index in [0.29, 0.717) is 17.4 Å². The molecule has 1 aromatic heterocycles. The van der Waals surface area contributed by atoms with Crippen molar-refractivity contribution in [3.8, 4) is 0 Å². The fraction of sp³-hybridized carbons (Fsp3) is 0.471. The van der Waals surface area contributed by atoms with Crippen LogP contribution >= 0.6 is 15.9 Å². The van der Waals surface area contributed by atoms with E-state index in [0.717, 1.165) is 23.1 Å². The summed E-state index contributed by atoms with van der Waals surface area (Å²) in [4.78, 5) is 21.9. The number of hydrogen-bond acceptors (Lipinski definition) is 3. The molecular formula is C17H17BrN2O2. The van der Waals surface area contributed by atoms with Crippen LogP contribution in [0.4, 0.5) is 0 Å². The van der Waals surface area contributed by atoms with Crippen molar-refractivity contribution in [2.75, 3.05) is 5.33 Å². The summed E-state index contributed by atoms with van der Waals surface area (Å²) < 4.78 is 0. The van der Waals surface area contributed by atoms with Crippen LogP contribution in [0.15, 0.2) is 24.3 Å². The third-order valence-corrected chi connectivity index (χ3v) is 7.17. The number of nitrogens with zero attached hydrogens (tertiary/aromatic N) is 2. The second-order valence-electron chi connectivity index (χ2n) is 6.96. The van der Waals surface area contributed by atoms with E-state index in [1.807, 2.05) is 24.3 Å². The van der Waals surface area contributed by atoms with Crippen molar-refractivity contribution in [2.24, 2.45) is 5.41 Å². The van der Waals surface area contributed by atoms with E-state index < -0.39 is 16.8 Å². The molecule has 2 aliphatic carbocycles. The molecule has 4 nitrogen and oxygen atoms in total. The topological polar surface area (TPSA) is 63.1 Å². The number of carboxylic acid groups (broad SMARTS) is 1. The van der Waals surface area contributed by atoms with Crippen LogP contribution in [0.3, 0.4) is 0 Å². The Bertz CT molecular complexity index is 819. The highest BCUT2D eigenvalue weighted by Gasteiger charge is 2.74. The Hall–Kier alpha value is -1.49. The van der Waals surface area contributed by atoms with E-state index in [9.17, 15) is 9.90 Å². The monoisotopic (exact) mass is 360 g/mol. The zero-order valence-electron chi connectivity index (χ0n) is 12.6. The fourth-order valence-corrected chi connectivity index (χ4v) is 5.91. The van der Waals surface area contributed by atoms with Gasteiger partial charge in [-0.25, -0.2) is 9.97 Å². The van der Waals surface area contributed by atoms with Crippen molar-refractivity contribution in [3.05, 3.63) is 35.7 Å². The summed E-state index contributed by atoms with van der Waals surface area (Å²) in [5.41, 5.74) is 1.54. The first-order valence-corrected chi connectivity index (χ1v) is 8.60. The smallest absolute Gasteiger partial charge is 0.316 e. The van der Waals surface area contributed by atoms with Gasteiger partial charge in [0.1, 0.15) is 5.41 Å². The number of hydrogen-bond donors (Lipinski definition) is 1. The zero-order valence-corrected chi connectivity index (χ0v) is 14.1. The molecule has 1 aromatic carbocycles. The molecule has 0 aliphatic heterocycles. The predicted molar refractivity (Wildman–Crippen MR) is 87.3 cm³/mol. The SMILES string of the molecule is CC1(C)[C@]2(CBr)CC[C@@]1(C(=O)O)c1nc3ccccc3nc12. The van der Waals surface area contributed by atoms with Gasteiger partial charge in [-0.15, -0.1) is 0 Å². The molecule has 1 N–H and O–H groups in total. The van der Waals surface area contributed by atoms with Crippen molar-refractivity contribution in [1.82, 2.24) is 9.97 Å². The summed E-state index contributed by atoms with van der Waals surface area (Å²) in [6.45, 7) is 4.12. The molecule has 2 bridgehead atoms. The van der Waals surface area contributed by atoms with E-state index in [1.54, 1.807) is 0 Å². The summed E-state index contributed by atoms with van der Waals surface area (Å²) in [6.07, 6.45) is 1.46. The molecule has 0 spiro atoms. The van der Waals surface area contributed by atoms with Crippen LogP contribution < -0.4 is 0 Å². The molecule has 22 heavy (non-hydrogen) atoms. The van der Waals surface area contributed by atoms with Gasteiger partial charge >= 0.3 is 5.97 Å². The van der Waals surface area contributed by atoms with Crippen molar-refractivity contribution in [3.63, 3.8) is 0 Å². The molecule has 5 heteroatoms. The van der Waals surface area contributed by atoms with Gasteiger partial charge in [-0.1, -0.05) is 41.9 Å². The normalized spacial score (nSPS) is 31.4. The number of aromatic nitrogens is 2. The number of benzene rings is 1. The first kappa shape index (κ1) is 14.1. The summed E-state index contributed by atoms with van der Waals surface area (Å²) in [5, 5.41) is 10.8. The third-order valence-electron chi connectivity index (χ3n) is 6.21. The molecule has 1 saturated carbocycles. The van der Waals surface area contributed by atoms with Crippen LogP contribution in [0.1, 0.15) is 38.1 Å². The van der Waals surface area contributed by atoms with Crippen LogP contribution in [0.5, 0.6) is 0 Å². The van der Waals surface area contributed by atoms with Crippen molar-refractivity contribution < 1.29 is 9.90 Å². The van der Waals surface area contributed by atoms with Crippen LogP contribution in [0, 0.1) is 5.41 Å². The highest BCUT2D eigenvalue weighted by molar-refractivity contribution is 9.09. The van der Waals surface area contributed by atoms with Gasteiger partial charge in [0.25, 0.3) is 0 Å². The second-order valence-corrected chi connectivity index (χ2v) is 7.52. The quantitative estimate of drug-likeness (QED) is 0.833. The van der Waals surface area contributed by atoms with Crippen LogP contribution in [0.2, 0.25) is 0 Å². The summed E-state index contributed by atoms with van der Waals surface area (Å²) in [5.74, 6) is -0.774. The average molecular weight is 361 g/mol. The number of para-hydroxylation sites is 2. The zero-order chi connectivity index (χ0) is 15.8. The van der Waals surface area contributed by atoms with E-state index in [1.165, 1.54) is 0 Å². The molecule has 114 valence electrons. The maximum Gasteiger partial charge on any atom is 0.316 e. The lowest BCUT2D eigenvalue weighted by Crippen LogP contribution is -2.47. The lowest BCUT2D eigenvalue weighted by Gasteiger charge is -2.39. The van der Waals surface area contributed by atoms with Crippen molar-refractivity contribution in [1.29, 1.82) is 0 Å². The Balaban J connectivity index is 2.15. The lowest BCUT2D eigenvalue weighted by atomic mass is 9.64. The van der Waals surface area contributed by atoms with E-state index >= 15 is 0 Å². The Labute approximate surface area is 137 Å². The van der Waals surface area contributed by atoms with E-state index in [-0.39, 0.29) is 5.41 Å². The Kier molecular flexibility index (Phi) is 2.62. The van der Waals surface area contributed by atoms with Gasteiger partial charge < -0.3 is 5.11 Å². The molecular weight excluding hydrogens is 344 g/mol. The van der Waals surface area contributed by atoms with Gasteiger partial charge in [0.05, 0.1) is 22.4 Å². The number of fused-ring (bicyclic) bond motifs is 6. The van der Waals surface area contributed by atoms with Gasteiger partial charge in [0.2, 0.25) is 0 Å². The number of rotatable bonds is 2. The minimum atomic E-state index is -0.937. The largest absolute Gasteiger partial charge is 0.481 e. The number of carbonyl (C=O) groups is 1. The molecule has 0 unspecified atom stereocenters. The summed E-state index contributed by atoms with van der Waals surface area (Å²) in [6, 6.07) is 7.69. The molecule has 1 heterocycles. The highest BCUT2D eigenvalue weighted by Crippen LogP contribution is 2.70. The second kappa shape index (κ2) is 4.07. The molecule has 4 rings (SSSR count). The molecule has 1 fully saturated rings. The number of carboxylic acids is 1. The van der Waals surface area contributed by atoms with Gasteiger partial charge in [-0.2, -0.15) is 0 Å². The maximum absolute atomic E-state index is 12.3. The van der Waals surface area contributed by atoms with Crippen LogP contribution in [0.25, 0.3) is 11.0 Å². The van der Waals surface area contributed by atoms with Crippen LogP contribution in [-0.2, 0) is 15.6 Å². The van der Waals surface area contributed by atoms with E-state index in [2.05, 4.69) is 29.8 Å². The van der Waals surface area contributed by atoms with E-state index in [4.69, 9.17) is 9.97 Å². The van der Waals surface area contributed by atoms with Gasteiger partial charge in [-0.05, 0) is 30.4 Å². The molecule has 0 amide bonds. The highest BCUT2D eigenvalue weighted by atomic mass is 79.9.